The predicted molar refractivity (Wildman–Crippen MR) is 53.2 cm³/mol. The Labute approximate surface area is 80.3 Å². The molecule has 1 heterocycles. The molecule has 0 radical (unpaired) electrons. The molecule has 0 aromatic carbocycles. The second-order valence-corrected chi connectivity index (χ2v) is 4.86. The van der Waals surface area contributed by atoms with Crippen molar-refractivity contribution in [1.29, 1.82) is 0 Å². The molecule has 0 aliphatic carbocycles. The third-order valence-electron chi connectivity index (χ3n) is 2.73. The van der Waals surface area contributed by atoms with Crippen molar-refractivity contribution in [2.45, 2.75) is 45.7 Å². The van der Waals surface area contributed by atoms with Gasteiger partial charge in [0.25, 0.3) is 0 Å². The summed E-state index contributed by atoms with van der Waals surface area (Å²) in [6.07, 6.45) is 1.07. The van der Waals surface area contributed by atoms with E-state index in [1.807, 2.05) is 4.90 Å². The van der Waals surface area contributed by atoms with Crippen molar-refractivity contribution in [3.63, 3.8) is 0 Å². The Hall–Kier alpha value is -0.570. The molecule has 3 heteroatoms. The number of likely N-dealkylation sites (tertiary alicyclic amines) is 1. The van der Waals surface area contributed by atoms with Gasteiger partial charge < -0.3 is 10.6 Å². The Morgan fingerprint density at radius 2 is 2.15 bits per heavy atom. The number of hydrogen-bond acceptors (Lipinski definition) is 2. The van der Waals surface area contributed by atoms with Gasteiger partial charge in [-0.15, -0.1) is 0 Å². The van der Waals surface area contributed by atoms with Gasteiger partial charge in [-0.3, -0.25) is 4.79 Å². The lowest BCUT2D eigenvalue weighted by Crippen LogP contribution is -2.49. The lowest BCUT2D eigenvalue weighted by molar-refractivity contribution is -0.135. The number of amides is 1. The molecule has 1 saturated heterocycles. The van der Waals surface area contributed by atoms with Crippen molar-refractivity contribution in [2.75, 3.05) is 6.54 Å². The highest BCUT2D eigenvalue weighted by Gasteiger charge is 2.39. The maximum Gasteiger partial charge on any atom is 0.239 e. The van der Waals surface area contributed by atoms with Gasteiger partial charge in [-0.25, -0.2) is 0 Å². The van der Waals surface area contributed by atoms with Crippen molar-refractivity contribution < 1.29 is 4.79 Å². The van der Waals surface area contributed by atoms with Crippen LogP contribution in [0.1, 0.15) is 34.1 Å². The van der Waals surface area contributed by atoms with E-state index in [2.05, 4.69) is 20.8 Å². The Balaban J connectivity index is 2.75. The van der Waals surface area contributed by atoms with E-state index in [4.69, 9.17) is 5.73 Å². The molecular formula is C10H20N2O. The summed E-state index contributed by atoms with van der Waals surface area (Å²) in [5.41, 5.74) is 5.58. The quantitative estimate of drug-likeness (QED) is 0.660. The molecule has 1 aliphatic rings. The molecule has 1 rings (SSSR count). The minimum absolute atomic E-state index is 0.00979. The standard InChI is InChI=1S/C10H20N2O/c1-7-5-10(3,4)12(6-7)9(13)8(2)11/h7-8H,5-6,11H2,1-4H3/t7?,8-/m1/s1. The summed E-state index contributed by atoms with van der Waals surface area (Å²) < 4.78 is 0. The van der Waals surface area contributed by atoms with Crippen LogP contribution < -0.4 is 5.73 Å². The highest BCUT2D eigenvalue weighted by Crippen LogP contribution is 2.32. The normalized spacial score (nSPS) is 29.0. The number of rotatable bonds is 1. The molecule has 0 spiro atoms. The van der Waals surface area contributed by atoms with Crippen LogP contribution in [-0.2, 0) is 4.79 Å². The smallest absolute Gasteiger partial charge is 0.239 e. The van der Waals surface area contributed by atoms with Gasteiger partial charge in [0, 0.05) is 12.1 Å². The average molecular weight is 184 g/mol. The van der Waals surface area contributed by atoms with Crippen LogP contribution >= 0.6 is 0 Å². The van der Waals surface area contributed by atoms with E-state index in [1.165, 1.54) is 0 Å². The Morgan fingerprint density at radius 1 is 1.62 bits per heavy atom. The monoisotopic (exact) mass is 184 g/mol. The van der Waals surface area contributed by atoms with Crippen LogP contribution in [0.5, 0.6) is 0 Å². The second-order valence-electron chi connectivity index (χ2n) is 4.86. The van der Waals surface area contributed by atoms with Crippen molar-refractivity contribution in [3.05, 3.63) is 0 Å². The lowest BCUT2D eigenvalue weighted by atomic mass is 9.97. The van der Waals surface area contributed by atoms with Crippen molar-refractivity contribution in [3.8, 4) is 0 Å². The molecular weight excluding hydrogens is 164 g/mol. The number of hydrogen-bond donors (Lipinski definition) is 1. The number of nitrogens with two attached hydrogens (primary N) is 1. The van der Waals surface area contributed by atoms with E-state index in [-0.39, 0.29) is 17.5 Å². The largest absolute Gasteiger partial charge is 0.336 e. The first-order valence-electron chi connectivity index (χ1n) is 4.91. The van der Waals surface area contributed by atoms with Crippen molar-refractivity contribution >= 4 is 5.91 Å². The molecule has 13 heavy (non-hydrogen) atoms. The van der Waals surface area contributed by atoms with E-state index >= 15 is 0 Å². The summed E-state index contributed by atoms with van der Waals surface area (Å²) in [6, 6.07) is -0.371. The third kappa shape index (κ3) is 2.02. The van der Waals surface area contributed by atoms with Crippen LogP contribution in [0.15, 0.2) is 0 Å². The lowest BCUT2D eigenvalue weighted by Gasteiger charge is -2.32. The molecule has 0 aromatic heterocycles. The minimum atomic E-state index is -0.371. The first-order valence-corrected chi connectivity index (χ1v) is 4.91. The highest BCUT2D eigenvalue weighted by atomic mass is 16.2. The molecule has 0 aromatic rings. The molecule has 2 atom stereocenters. The second kappa shape index (κ2) is 3.29. The van der Waals surface area contributed by atoms with Crippen LogP contribution in [0.2, 0.25) is 0 Å². The molecule has 1 fully saturated rings. The number of carbonyl (C=O) groups excluding carboxylic acids is 1. The molecule has 1 amide bonds. The average Bonchev–Trinajstić information content (AvgIpc) is 2.22. The zero-order valence-corrected chi connectivity index (χ0v) is 9.00. The zero-order valence-electron chi connectivity index (χ0n) is 9.00. The van der Waals surface area contributed by atoms with Gasteiger partial charge in [-0.05, 0) is 33.1 Å². The molecule has 1 unspecified atom stereocenters. The summed E-state index contributed by atoms with van der Waals surface area (Å²) in [5.74, 6) is 0.673. The van der Waals surface area contributed by atoms with Gasteiger partial charge in [0.2, 0.25) is 5.91 Å². The first kappa shape index (κ1) is 10.5. The van der Waals surface area contributed by atoms with Gasteiger partial charge in [0.1, 0.15) is 0 Å². The van der Waals surface area contributed by atoms with Crippen LogP contribution in [0.4, 0.5) is 0 Å². The molecule has 3 nitrogen and oxygen atoms in total. The molecule has 2 N–H and O–H groups in total. The predicted octanol–water partition coefficient (Wildman–Crippen LogP) is 0.981. The summed E-state index contributed by atoms with van der Waals surface area (Å²) in [7, 11) is 0. The van der Waals surface area contributed by atoms with E-state index in [9.17, 15) is 4.79 Å². The van der Waals surface area contributed by atoms with Gasteiger partial charge in [-0.2, -0.15) is 0 Å². The maximum atomic E-state index is 11.7. The zero-order chi connectivity index (χ0) is 10.2. The van der Waals surface area contributed by atoms with Crippen molar-refractivity contribution in [1.82, 2.24) is 4.90 Å². The minimum Gasteiger partial charge on any atom is -0.336 e. The van der Waals surface area contributed by atoms with Gasteiger partial charge in [-0.1, -0.05) is 6.92 Å². The summed E-state index contributed by atoms with van der Waals surface area (Å²) in [4.78, 5) is 13.6. The topological polar surface area (TPSA) is 46.3 Å². The van der Waals surface area contributed by atoms with Crippen LogP contribution in [0.25, 0.3) is 0 Å². The number of carbonyl (C=O) groups is 1. The molecule has 0 saturated carbocycles. The Kier molecular flexibility index (Phi) is 2.66. The fraction of sp³-hybridized carbons (Fsp3) is 0.900. The van der Waals surface area contributed by atoms with Crippen LogP contribution in [0.3, 0.4) is 0 Å². The fourth-order valence-corrected chi connectivity index (χ4v) is 2.22. The molecule has 1 aliphatic heterocycles. The van der Waals surface area contributed by atoms with Crippen LogP contribution in [0, 0.1) is 5.92 Å². The summed E-state index contributed by atoms with van der Waals surface area (Å²) in [6.45, 7) is 9.00. The fourth-order valence-electron chi connectivity index (χ4n) is 2.22. The Bertz CT molecular complexity index is 211. The summed E-state index contributed by atoms with van der Waals surface area (Å²) in [5, 5.41) is 0. The maximum absolute atomic E-state index is 11.7. The SMILES string of the molecule is CC1CN(C(=O)[C@@H](C)N)C(C)(C)C1. The van der Waals surface area contributed by atoms with Gasteiger partial charge in [0.15, 0.2) is 0 Å². The first-order chi connectivity index (χ1) is 5.84. The van der Waals surface area contributed by atoms with Crippen LogP contribution in [-0.4, -0.2) is 28.9 Å². The van der Waals surface area contributed by atoms with E-state index in [1.54, 1.807) is 6.92 Å². The Morgan fingerprint density at radius 3 is 2.46 bits per heavy atom. The molecule has 76 valence electrons. The highest BCUT2D eigenvalue weighted by molar-refractivity contribution is 5.82. The van der Waals surface area contributed by atoms with Crippen molar-refractivity contribution in [2.24, 2.45) is 11.7 Å². The number of nitrogens with zero attached hydrogens (tertiary/aromatic N) is 1. The van der Waals surface area contributed by atoms with Gasteiger partial charge >= 0.3 is 0 Å². The third-order valence-corrected chi connectivity index (χ3v) is 2.73. The molecule has 0 bridgehead atoms. The van der Waals surface area contributed by atoms with E-state index < -0.39 is 0 Å². The van der Waals surface area contributed by atoms with E-state index in [0.717, 1.165) is 13.0 Å². The van der Waals surface area contributed by atoms with Gasteiger partial charge in [0.05, 0.1) is 6.04 Å². The van der Waals surface area contributed by atoms with E-state index in [0.29, 0.717) is 5.92 Å². The summed E-state index contributed by atoms with van der Waals surface area (Å²) >= 11 is 0.